The zero-order chi connectivity index (χ0) is 19.8. The van der Waals surface area contributed by atoms with Gasteiger partial charge >= 0.3 is 7.05 Å². The highest BCUT2D eigenvalue weighted by molar-refractivity contribution is 6.66. The van der Waals surface area contributed by atoms with E-state index in [-0.39, 0.29) is 0 Å². The molecule has 4 fully saturated rings. The lowest BCUT2D eigenvalue weighted by molar-refractivity contribution is -0.0315. The molecule has 2 aromatic heterocycles. The Hall–Kier alpha value is -1.86. The fraction of sp³-hybridized carbons (Fsp3) is 0.636. The van der Waals surface area contributed by atoms with E-state index in [4.69, 9.17) is 5.10 Å². The van der Waals surface area contributed by atoms with E-state index < -0.39 is 12.7 Å². The van der Waals surface area contributed by atoms with E-state index >= 15 is 0 Å². The van der Waals surface area contributed by atoms with Crippen LogP contribution in [0, 0.1) is 23.7 Å². The number of aliphatic hydroxyl groups is 1. The lowest BCUT2D eigenvalue weighted by atomic mass is 9.57. The summed E-state index contributed by atoms with van der Waals surface area (Å²) in [5.41, 5.74) is 3.47. The van der Waals surface area contributed by atoms with Crippen LogP contribution >= 0.6 is 0 Å². The molecule has 1 aliphatic heterocycles. The van der Waals surface area contributed by atoms with Crippen LogP contribution in [-0.2, 0) is 0 Å². The van der Waals surface area contributed by atoms with Crippen molar-refractivity contribution in [2.24, 2.45) is 28.8 Å². The van der Waals surface area contributed by atoms with E-state index in [1.165, 1.54) is 12.8 Å². The van der Waals surface area contributed by atoms with Crippen molar-refractivity contribution in [3.63, 3.8) is 0 Å². The largest absolute Gasteiger partial charge is 0.468 e. The molecule has 3 atom stereocenters. The first kappa shape index (κ1) is 18.0. The molecule has 152 valence electrons. The van der Waals surface area contributed by atoms with Crippen molar-refractivity contribution in [3.05, 3.63) is 24.0 Å². The molecular formula is C22H29BN4O2. The summed E-state index contributed by atoms with van der Waals surface area (Å²) < 4.78 is 0. The maximum atomic E-state index is 11.1. The summed E-state index contributed by atoms with van der Waals surface area (Å²) in [6.07, 6.45) is 11.0. The summed E-state index contributed by atoms with van der Waals surface area (Å²) in [5, 5.41) is 28.4. The maximum Gasteiger partial charge on any atom is 0.468 e. The Morgan fingerprint density at radius 1 is 1.31 bits per heavy atom. The summed E-state index contributed by atoms with van der Waals surface area (Å²) in [7, 11) is -0.747. The van der Waals surface area contributed by atoms with E-state index in [2.05, 4.69) is 23.0 Å². The third-order valence-corrected chi connectivity index (χ3v) is 8.02. The number of pyridine rings is 1. The highest BCUT2D eigenvalue weighted by atomic mass is 16.3. The summed E-state index contributed by atoms with van der Waals surface area (Å²) in [5.74, 6) is 2.13. The van der Waals surface area contributed by atoms with E-state index in [9.17, 15) is 10.1 Å². The van der Waals surface area contributed by atoms with Crippen LogP contribution in [0.1, 0.15) is 57.4 Å². The fourth-order valence-electron chi connectivity index (χ4n) is 6.80. The maximum absolute atomic E-state index is 11.1. The van der Waals surface area contributed by atoms with Crippen molar-refractivity contribution in [1.82, 2.24) is 14.9 Å². The van der Waals surface area contributed by atoms with Crippen LogP contribution in [0.2, 0.25) is 0 Å². The molecule has 0 saturated heterocycles. The summed E-state index contributed by atoms with van der Waals surface area (Å²) in [4.78, 5) is 9.64. The van der Waals surface area contributed by atoms with Gasteiger partial charge in [-0.3, -0.25) is 0 Å². The molecule has 7 heteroatoms. The first-order valence-electron chi connectivity index (χ1n) is 11.3. The molecule has 7 rings (SSSR count). The van der Waals surface area contributed by atoms with Gasteiger partial charge in [0.2, 0.25) is 0 Å². The Kier molecular flexibility index (Phi) is 3.91. The van der Waals surface area contributed by atoms with Crippen LogP contribution in [0.25, 0.3) is 11.0 Å². The minimum atomic E-state index is -0.747. The average molecular weight is 392 g/mol. The van der Waals surface area contributed by atoms with Crippen LogP contribution < -0.4 is 5.46 Å². The normalized spacial score (nSPS) is 35.8. The Bertz CT molecular complexity index is 984. The molecule has 2 aromatic rings. The number of aromatic nitrogens is 2. The lowest BCUT2D eigenvalue weighted by Gasteiger charge is -2.48. The third-order valence-electron chi connectivity index (χ3n) is 8.02. The van der Waals surface area contributed by atoms with Crippen LogP contribution in [0.3, 0.4) is 0 Å². The third kappa shape index (κ3) is 2.63. The van der Waals surface area contributed by atoms with Crippen LogP contribution in [0.5, 0.6) is 0 Å². The molecule has 4 bridgehead atoms. The number of nitrogens with zero attached hydrogens (tertiary/aromatic N) is 3. The zero-order valence-electron chi connectivity index (χ0n) is 17.0. The molecule has 0 amide bonds. The number of hydrazone groups is 1. The lowest BCUT2D eigenvalue weighted by Crippen LogP contribution is -2.55. The van der Waals surface area contributed by atoms with Gasteiger partial charge in [-0.15, -0.1) is 0 Å². The average Bonchev–Trinajstić information content (AvgIpc) is 3.29. The molecule has 3 N–H and O–H groups in total. The van der Waals surface area contributed by atoms with E-state index in [1.54, 1.807) is 0 Å². The van der Waals surface area contributed by atoms with Gasteiger partial charge in [-0.05, 0) is 68.8 Å². The van der Waals surface area contributed by atoms with Crippen molar-refractivity contribution < 1.29 is 10.1 Å². The van der Waals surface area contributed by atoms with Crippen LogP contribution in [0.4, 0.5) is 0 Å². The number of hydrogen-bond acceptors (Lipinski definition) is 5. The van der Waals surface area contributed by atoms with Gasteiger partial charge in [0.1, 0.15) is 5.65 Å². The van der Waals surface area contributed by atoms with Crippen molar-refractivity contribution in [1.29, 1.82) is 0 Å². The second kappa shape index (κ2) is 6.32. The number of rotatable bonds is 3. The predicted octanol–water partition coefficient (Wildman–Crippen LogP) is 2.26. The van der Waals surface area contributed by atoms with Gasteiger partial charge in [0.05, 0.1) is 11.3 Å². The highest BCUT2D eigenvalue weighted by Crippen LogP contribution is 2.56. The summed E-state index contributed by atoms with van der Waals surface area (Å²) in [6, 6.07) is 2.07. The second-order valence-electron chi connectivity index (χ2n) is 9.91. The topological polar surface area (TPSA) is 84.7 Å². The molecule has 3 heterocycles. The van der Waals surface area contributed by atoms with Gasteiger partial charge < -0.3 is 20.0 Å². The van der Waals surface area contributed by atoms with E-state index in [0.29, 0.717) is 23.7 Å². The molecule has 0 radical (unpaired) electrons. The van der Waals surface area contributed by atoms with E-state index in [0.717, 1.165) is 66.4 Å². The van der Waals surface area contributed by atoms with Crippen molar-refractivity contribution in [3.8, 4) is 0 Å². The van der Waals surface area contributed by atoms with Gasteiger partial charge in [-0.1, -0.05) is 6.92 Å². The highest BCUT2D eigenvalue weighted by Gasteiger charge is 2.53. The minimum absolute atomic E-state index is 0.353. The van der Waals surface area contributed by atoms with Gasteiger partial charge in [-0.2, -0.15) is 5.10 Å². The Morgan fingerprint density at radius 3 is 3.00 bits per heavy atom. The number of H-pyrrole nitrogens is 1. The van der Waals surface area contributed by atoms with Crippen molar-refractivity contribution >= 4 is 29.3 Å². The first-order chi connectivity index (χ1) is 14.1. The van der Waals surface area contributed by atoms with E-state index in [1.807, 2.05) is 17.3 Å². The number of fused-ring (bicyclic) bond motifs is 3. The second-order valence-corrected chi connectivity index (χ2v) is 9.91. The smallest absolute Gasteiger partial charge is 0.428 e. The Morgan fingerprint density at radius 2 is 2.17 bits per heavy atom. The van der Waals surface area contributed by atoms with Gasteiger partial charge in [-0.25, -0.2) is 4.98 Å². The predicted molar refractivity (Wildman–Crippen MR) is 114 cm³/mol. The quantitative estimate of drug-likeness (QED) is 0.700. The number of hydrogen-bond donors (Lipinski definition) is 3. The molecule has 4 aliphatic carbocycles. The van der Waals surface area contributed by atoms with Gasteiger partial charge in [0.25, 0.3) is 0 Å². The minimum Gasteiger partial charge on any atom is -0.428 e. The van der Waals surface area contributed by atoms with Gasteiger partial charge in [0, 0.05) is 41.3 Å². The van der Waals surface area contributed by atoms with Crippen molar-refractivity contribution in [2.45, 2.75) is 57.5 Å². The number of nitrogens with one attached hydrogen (secondary N) is 1. The molecule has 4 saturated carbocycles. The van der Waals surface area contributed by atoms with Crippen LogP contribution in [0.15, 0.2) is 23.6 Å². The first-order valence-corrected chi connectivity index (χ1v) is 11.3. The molecule has 0 unspecified atom stereocenters. The molecule has 5 aliphatic rings. The number of aromatic amines is 1. The molecule has 29 heavy (non-hydrogen) atoms. The van der Waals surface area contributed by atoms with Crippen LogP contribution in [-0.4, -0.2) is 49.9 Å². The van der Waals surface area contributed by atoms with Crippen molar-refractivity contribution in [2.75, 3.05) is 6.54 Å². The molecule has 0 aromatic carbocycles. The molecule has 6 nitrogen and oxygen atoms in total. The SMILES string of the molecule is CCCN1N=C([C@@H]2[C@H]3CC[C@](O)(C3)C[C@H]3C[C@@H]2C3)c2c(cnc3[nH]ccc23)B1O. The zero-order valence-corrected chi connectivity index (χ0v) is 17.0. The monoisotopic (exact) mass is 392 g/mol. The summed E-state index contributed by atoms with van der Waals surface area (Å²) in [6.45, 7) is 2.85. The molecular weight excluding hydrogens is 363 g/mol. The van der Waals surface area contributed by atoms with Gasteiger partial charge in [0.15, 0.2) is 0 Å². The fourth-order valence-corrected chi connectivity index (χ4v) is 6.80. The Labute approximate surface area is 171 Å². The Balaban J connectivity index is 1.52. The standard InChI is InChI=1S/C22H29BN4O2/c1-2-7-27-23(29)17-12-25-21-16(4-6-24-21)19(17)20(26-27)18-14-3-5-22(28,11-14)10-13-8-15(18)9-13/h4,6,12-15,18,28-29H,2-3,5,7-11H2,1H3,(H,24,25)/t13-,14-,15+,18+,22+/m0/s1. The summed E-state index contributed by atoms with van der Waals surface area (Å²) >= 11 is 0. The molecule has 0 spiro atoms.